The molecule has 118 valence electrons. The Kier molecular flexibility index (Phi) is 3.91. The first-order chi connectivity index (χ1) is 10.5. The van der Waals surface area contributed by atoms with Crippen molar-refractivity contribution in [3.8, 4) is 0 Å². The number of nitrogens with two attached hydrogens (primary N) is 1. The van der Waals surface area contributed by atoms with E-state index in [0.717, 1.165) is 19.4 Å². The van der Waals surface area contributed by atoms with Crippen molar-refractivity contribution in [2.75, 3.05) is 13.1 Å². The molecule has 22 heavy (non-hydrogen) atoms. The summed E-state index contributed by atoms with van der Waals surface area (Å²) in [6, 6.07) is 8.12. The molecule has 0 unspecified atom stereocenters. The van der Waals surface area contributed by atoms with E-state index < -0.39 is 5.54 Å². The van der Waals surface area contributed by atoms with E-state index in [4.69, 9.17) is 5.73 Å². The zero-order chi connectivity index (χ0) is 15.7. The van der Waals surface area contributed by atoms with Gasteiger partial charge < -0.3 is 16.0 Å². The first kappa shape index (κ1) is 15.0. The quantitative estimate of drug-likeness (QED) is 0.840. The first-order valence-corrected chi connectivity index (χ1v) is 7.90. The van der Waals surface area contributed by atoms with Crippen LogP contribution in [0.15, 0.2) is 24.3 Å². The van der Waals surface area contributed by atoms with Crippen molar-refractivity contribution >= 4 is 11.8 Å². The van der Waals surface area contributed by atoms with E-state index in [9.17, 15) is 9.59 Å². The number of carbonyl (C=O) groups is 2. The van der Waals surface area contributed by atoms with Crippen molar-refractivity contribution in [1.29, 1.82) is 0 Å². The van der Waals surface area contributed by atoms with Crippen molar-refractivity contribution in [3.63, 3.8) is 0 Å². The lowest BCUT2D eigenvalue weighted by atomic mass is 9.93. The second-order valence-electron chi connectivity index (χ2n) is 6.57. The Morgan fingerprint density at radius 2 is 1.91 bits per heavy atom. The van der Waals surface area contributed by atoms with Crippen LogP contribution in [-0.2, 0) is 22.4 Å². The summed E-state index contributed by atoms with van der Waals surface area (Å²) in [6.07, 6.45) is 3.02. The number of benzene rings is 1. The molecular formula is C17H23N3O2. The Hall–Kier alpha value is -1.88. The van der Waals surface area contributed by atoms with Gasteiger partial charge >= 0.3 is 0 Å². The van der Waals surface area contributed by atoms with E-state index >= 15 is 0 Å². The SMILES string of the molecule is CC(=O)N[C@@H]1CCCN(C(=O)C2(N)Cc3ccccc3C2)C1. The van der Waals surface area contributed by atoms with Crippen molar-refractivity contribution in [3.05, 3.63) is 35.4 Å². The molecule has 0 bridgehead atoms. The van der Waals surface area contributed by atoms with Crippen molar-refractivity contribution in [1.82, 2.24) is 10.2 Å². The van der Waals surface area contributed by atoms with E-state index in [1.807, 2.05) is 29.2 Å². The fraction of sp³-hybridized carbons (Fsp3) is 0.529. The van der Waals surface area contributed by atoms with Gasteiger partial charge in [0.25, 0.3) is 0 Å². The topological polar surface area (TPSA) is 75.4 Å². The molecule has 2 amide bonds. The summed E-state index contributed by atoms with van der Waals surface area (Å²) in [7, 11) is 0. The van der Waals surface area contributed by atoms with E-state index in [2.05, 4.69) is 5.32 Å². The minimum Gasteiger partial charge on any atom is -0.352 e. The van der Waals surface area contributed by atoms with Crippen LogP contribution in [0, 0.1) is 0 Å². The lowest BCUT2D eigenvalue weighted by Crippen LogP contribution is -2.60. The smallest absolute Gasteiger partial charge is 0.243 e. The molecule has 3 N–H and O–H groups in total. The molecule has 5 nitrogen and oxygen atoms in total. The Morgan fingerprint density at radius 1 is 1.27 bits per heavy atom. The third kappa shape index (κ3) is 2.86. The predicted octanol–water partition coefficient (Wildman–Crippen LogP) is 0.610. The van der Waals surface area contributed by atoms with Gasteiger partial charge in [-0.3, -0.25) is 9.59 Å². The van der Waals surface area contributed by atoms with Gasteiger partial charge in [0.05, 0.1) is 0 Å². The predicted molar refractivity (Wildman–Crippen MR) is 84.2 cm³/mol. The van der Waals surface area contributed by atoms with Gasteiger partial charge in [-0.2, -0.15) is 0 Å². The number of carbonyl (C=O) groups excluding carboxylic acids is 2. The highest BCUT2D eigenvalue weighted by Crippen LogP contribution is 2.30. The molecule has 3 rings (SSSR count). The summed E-state index contributed by atoms with van der Waals surface area (Å²) in [4.78, 5) is 26.0. The van der Waals surface area contributed by atoms with Crippen molar-refractivity contribution in [2.24, 2.45) is 5.73 Å². The lowest BCUT2D eigenvalue weighted by molar-refractivity contribution is -0.138. The molecule has 1 fully saturated rings. The molecule has 0 spiro atoms. The number of hydrogen-bond acceptors (Lipinski definition) is 3. The van der Waals surface area contributed by atoms with Gasteiger partial charge in [-0.15, -0.1) is 0 Å². The Labute approximate surface area is 130 Å². The molecule has 1 aliphatic carbocycles. The molecule has 1 aliphatic heterocycles. The number of piperidine rings is 1. The number of amides is 2. The normalized spacial score (nSPS) is 23.0. The van der Waals surface area contributed by atoms with E-state index in [-0.39, 0.29) is 17.9 Å². The summed E-state index contributed by atoms with van der Waals surface area (Å²) in [5.74, 6) is -0.0335. The number of hydrogen-bond donors (Lipinski definition) is 2. The fourth-order valence-electron chi connectivity index (χ4n) is 3.68. The second-order valence-corrected chi connectivity index (χ2v) is 6.57. The zero-order valence-electron chi connectivity index (χ0n) is 13.0. The summed E-state index contributed by atoms with van der Waals surface area (Å²) < 4.78 is 0. The maximum absolute atomic E-state index is 12.9. The summed E-state index contributed by atoms with van der Waals surface area (Å²) in [5.41, 5.74) is 7.97. The number of nitrogens with one attached hydrogen (secondary N) is 1. The van der Waals surface area contributed by atoms with Crippen LogP contribution < -0.4 is 11.1 Å². The molecule has 1 aromatic rings. The van der Waals surface area contributed by atoms with Crippen LogP contribution in [0.2, 0.25) is 0 Å². The van der Waals surface area contributed by atoms with Crippen LogP contribution >= 0.6 is 0 Å². The maximum Gasteiger partial charge on any atom is 0.243 e. The third-order valence-electron chi connectivity index (χ3n) is 4.67. The highest BCUT2D eigenvalue weighted by atomic mass is 16.2. The van der Waals surface area contributed by atoms with Crippen LogP contribution in [0.5, 0.6) is 0 Å². The summed E-state index contributed by atoms with van der Waals surface area (Å²) >= 11 is 0. The molecule has 1 aromatic carbocycles. The molecule has 1 heterocycles. The Balaban J connectivity index is 1.70. The van der Waals surface area contributed by atoms with Gasteiger partial charge in [0.2, 0.25) is 11.8 Å². The minimum absolute atomic E-state index is 0.0127. The van der Waals surface area contributed by atoms with E-state index in [0.29, 0.717) is 19.4 Å². The number of rotatable bonds is 2. The summed E-state index contributed by atoms with van der Waals surface area (Å²) in [5, 5.41) is 2.91. The van der Waals surface area contributed by atoms with E-state index in [1.165, 1.54) is 18.1 Å². The van der Waals surface area contributed by atoms with Crippen molar-refractivity contribution < 1.29 is 9.59 Å². The molecule has 2 aliphatic rings. The van der Waals surface area contributed by atoms with Gasteiger partial charge in [0, 0.05) is 26.1 Å². The second kappa shape index (κ2) is 5.72. The summed E-state index contributed by atoms with van der Waals surface area (Å²) in [6.45, 7) is 2.80. The largest absolute Gasteiger partial charge is 0.352 e. The van der Waals surface area contributed by atoms with Crippen LogP contribution in [0.1, 0.15) is 30.9 Å². The molecular weight excluding hydrogens is 278 g/mol. The molecule has 0 saturated carbocycles. The molecule has 1 atom stereocenters. The minimum atomic E-state index is -0.832. The van der Waals surface area contributed by atoms with Gasteiger partial charge in [-0.25, -0.2) is 0 Å². The van der Waals surface area contributed by atoms with Crippen LogP contribution in [0.3, 0.4) is 0 Å². The number of fused-ring (bicyclic) bond motifs is 1. The Morgan fingerprint density at radius 3 is 2.50 bits per heavy atom. The van der Waals surface area contributed by atoms with Crippen LogP contribution in [0.4, 0.5) is 0 Å². The fourth-order valence-corrected chi connectivity index (χ4v) is 3.68. The van der Waals surface area contributed by atoms with Crippen LogP contribution in [0.25, 0.3) is 0 Å². The van der Waals surface area contributed by atoms with Crippen molar-refractivity contribution in [2.45, 2.75) is 44.2 Å². The van der Waals surface area contributed by atoms with E-state index in [1.54, 1.807) is 0 Å². The number of likely N-dealkylation sites (tertiary alicyclic amines) is 1. The maximum atomic E-state index is 12.9. The van der Waals surface area contributed by atoms with Crippen LogP contribution in [-0.4, -0.2) is 41.4 Å². The van der Waals surface area contributed by atoms with Gasteiger partial charge in [-0.1, -0.05) is 24.3 Å². The van der Waals surface area contributed by atoms with Gasteiger partial charge in [0.15, 0.2) is 0 Å². The Bertz CT molecular complexity index is 574. The molecule has 1 saturated heterocycles. The number of nitrogens with zero attached hydrogens (tertiary/aromatic N) is 1. The first-order valence-electron chi connectivity index (χ1n) is 7.90. The standard InChI is InChI=1S/C17H23N3O2/c1-12(21)19-15-7-4-8-20(11-15)16(22)17(18)9-13-5-2-3-6-14(13)10-17/h2-3,5-6,15H,4,7-11,18H2,1H3,(H,19,21)/t15-/m1/s1. The molecule has 0 radical (unpaired) electrons. The van der Waals surface area contributed by atoms with Gasteiger partial charge in [-0.05, 0) is 36.8 Å². The highest BCUT2D eigenvalue weighted by Gasteiger charge is 2.43. The third-order valence-corrected chi connectivity index (χ3v) is 4.67. The average Bonchev–Trinajstić information content (AvgIpc) is 2.83. The zero-order valence-corrected chi connectivity index (χ0v) is 13.0. The lowest BCUT2D eigenvalue weighted by Gasteiger charge is -2.37. The monoisotopic (exact) mass is 301 g/mol. The molecule has 5 heteroatoms. The highest BCUT2D eigenvalue weighted by molar-refractivity contribution is 5.88. The molecule has 0 aromatic heterocycles. The average molecular weight is 301 g/mol. The van der Waals surface area contributed by atoms with Gasteiger partial charge in [0.1, 0.15) is 5.54 Å².